The van der Waals surface area contributed by atoms with Crippen molar-refractivity contribution in [1.82, 2.24) is 4.31 Å². The molecule has 0 spiro atoms. The van der Waals surface area contributed by atoms with Gasteiger partial charge in [-0.15, -0.1) is 0 Å². The minimum atomic E-state index is -3.60. The second kappa shape index (κ2) is 8.04. The second-order valence-electron chi connectivity index (χ2n) is 7.72. The van der Waals surface area contributed by atoms with E-state index in [9.17, 15) is 13.2 Å². The summed E-state index contributed by atoms with van der Waals surface area (Å²) in [7, 11) is 3.08. The van der Waals surface area contributed by atoms with Gasteiger partial charge in [-0.2, -0.15) is 0 Å². The van der Waals surface area contributed by atoms with Crippen molar-refractivity contribution in [1.29, 1.82) is 0 Å². The third-order valence-corrected chi connectivity index (χ3v) is 6.98. The molecule has 0 bridgehead atoms. The van der Waals surface area contributed by atoms with Crippen LogP contribution >= 0.6 is 0 Å². The maximum atomic E-state index is 12.9. The highest BCUT2D eigenvalue weighted by Crippen LogP contribution is 2.32. The number of rotatable bonds is 6. The molecule has 0 saturated heterocycles. The van der Waals surface area contributed by atoms with Crippen LogP contribution in [0, 0.1) is 0 Å². The quantitative estimate of drug-likeness (QED) is 0.783. The van der Waals surface area contributed by atoms with Crippen LogP contribution in [0.1, 0.15) is 12.5 Å². The smallest absolute Gasteiger partial charge is 0.243 e. The molecular weight excluding hydrogens is 388 g/mol. The first kappa shape index (κ1) is 21.1. The molecule has 0 unspecified atom stereocenters. The molecule has 156 valence electrons. The van der Waals surface area contributed by atoms with Gasteiger partial charge in [0.2, 0.25) is 15.9 Å². The van der Waals surface area contributed by atoms with E-state index in [2.05, 4.69) is 23.2 Å². The Morgan fingerprint density at radius 2 is 1.83 bits per heavy atom. The molecule has 29 heavy (non-hydrogen) atoms. The van der Waals surface area contributed by atoms with Crippen molar-refractivity contribution >= 4 is 33.0 Å². The molecule has 3 rings (SSSR count). The number of benzene rings is 2. The molecule has 1 N–H and O–H groups in total. The molecule has 2 aromatic carbocycles. The average molecular weight is 417 g/mol. The molecular formula is C21H28N4O3S. The van der Waals surface area contributed by atoms with E-state index in [0.29, 0.717) is 5.69 Å². The van der Waals surface area contributed by atoms with Gasteiger partial charge in [0.15, 0.2) is 0 Å². The van der Waals surface area contributed by atoms with Gasteiger partial charge in [0.1, 0.15) is 0 Å². The molecule has 0 fully saturated rings. The Morgan fingerprint density at radius 1 is 1.14 bits per heavy atom. The van der Waals surface area contributed by atoms with Crippen molar-refractivity contribution in [3.05, 3.63) is 48.0 Å². The van der Waals surface area contributed by atoms with Crippen LogP contribution in [0.25, 0.3) is 0 Å². The summed E-state index contributed by atoms with van der Waals surface area (Å²) in [5, 5.41) is 2.92. The fourth-order valence-electron chi connectivity index (χ4n) is 3.59. The Bertz CT molecular complexity index is 1020. The Labute approximate surface area is 173 Å². The first-order chi connectivity index (χ1) is 13.6. The van der Waals surface area contributed by atoms with Crippen LogP contribution in [0.5, 0.6) is 0 Å². The maximum Gasteiger partial charge on any atom is 0.243 e. The lowest BCUT2D eigenvalue weighted by Gasteiger charge is -2.25. The number of amides is 1. The van der Waals surface area contributed by atoms with Crippen molar-refractivity contribution in [2.45, 2.75) is 24.3 Å². The van der Waals surface area contributed by atoms with Gasteiger partial charge in [-0.05, 0) is 43.2 Å². The summed E-state index contributed by atoms with van der Waals surface area (Å²) in [6.45, 7) is 2.30. The zero-order valence-electron chi connectivity index (χ0n) is 17.5. The minimum Gasteiger partial charge on any atom is -0.376 e. The maximum absolute atomic E-state index is 12.9. The van der Waals surface area contributed by atoms with E-state index < -0.39 is 10.0 Å². The summed E-state index contributed by atoms with van der Waals surface area (Å²) in [6.07, 6.45) is 0.906. The van der Waals surface area contributed by atoms with Crippen molar-refractivity contribution in [3.63, 3.8) is 0 Å². The number of carbonyl (C=O) groups excluding carboxylic acids is 1. The summed E-state index contributed by atoms with van der Waals surface area (Å²) < 4.78 is 26.2. The molecule has 8 heteroatoms. The second-order valence-corrected chi connectivity index (χ2v) is 9.87. The van der Waals surface area contributed by atoms with Gasteiger partial charge in [-0.3, -0.25) is 4.79 Å². The Kier molecular flexibility index (Phi) is 5.86. The fraction of sp³-hybridized carbons (Fsp3) is 0.381. The molecule has 1 heterocycles. The number of nitrogens with zero attached hydrogens (tertiary/aromatic N) is 3. The predicted molar refractivity (Wildman–Crippen MR) is 117 cm³/mol. The standard InChI is InChI=1S/C21H28N4O3S/c1-15-12-16-8-6-7-9-19(16)25(15)14-21(26)22-18-13-17(29(27,28)24(4)5)10-11-20(18)23(2)3/h6-11,13,15H,12,14H2,1-5H3,(H,22,26)/t15-/m0/s1. The van der Waals surface area contributed by atoms with E-state index >= 15 is 0 Å². The number of anilines is 3. The zero-order valence-corrected chi connectivity index (χ0v) is 18.3. The lowest BCUT2D eigenvalue weighted by Crippen LogP contribution is -2.37. The van der Waals surface area contributed by atoms with Crippen molar-refractivity contribution in [3.8, 4) is 0 Å². The van der Waals surface area contributed by atoms with E-state index in [1.807, 2.05) is 37.2 Å². The van der Waals surface area contributed by atoms with Gasteiger partial charge < -0.3 is 15.1 Å². The number of nitrogens with one attached hydrogen (secondary N) is 1. The molecule has 1 amide bonds. The van der Waals surface area contributed by atoms with E-state index in [1.165, 1.54) is 25.7 Å². The lowest BCUT2D eigenvalue weighted by molar-refractivity contribution is -0.115. The van der Waals surface area contributed by atoms with Crippen LogP contribution in [0.2, 0.25) is 0 Å². The first-order valence-corrected chi connectivity index (χ1v) is 10.9. The first-order valence-electron chi connectivity index (χ1n) is 9.49. The summed E-state index contributed by atoms with van der Waals surface area (Å²) in [5.41, 5.74) is 3.53. The van der Waals surface area contributed by atoms with Gasteiger partial charge in [0.25, 0.3) is 0 Å². The summed E-state index contributed by atoms with van der Waals surface area (Å²) in [5.74, 6) is -0.184. The van der Waals surface area contributed by atoms with Gasteiger partial charge in [0, 0.05) is 39.9 Å². The van der Waals surface area contributed by atoms with E-state index in [-0.39, 0.29) is 23.4 Å². The van der Waals surface area contributed by atoms with Crippen LogP contribution in [-0.4, -0.2) is 59.4 Å². The highest BCUT2D eigenvalue weighted by Gasteiger charge is 2.27. The molecule has 0 saturated carbocycles. The highest BCUT2D eigenvalue weighted by molar-refractivity contribution is 7.89. The topological polar surface area (TPSA) is 73.0 Å². The minimum absolute atomic E-state index is 0.142. The number of fused-ring (bicyclic) bond motifs is 1. The van der Waals surface area contributed by atoms with Crippen molar-refractivity contribution in [2.75, 3.05) is 49.9 Å². The number of carbonyl (C=O) groups is 1. The van der Waals surface area contributed by atoms with Crippen LogP contribution < -0.4 is 15.1 Å². The largest absolute Gasteiger partial charge is 0.376 e. The Hall–Kier alpha value is -2.58. The monoisotopic (exact) mass is 416 g/mol. The number of hydrogen-bond donors (Lipinski definition) is 1. The van der Waals surface area contributed by atoms with Gasteiger partial charge in [-0.25, -0.2) is 12.7 Å². The molecule has 2 aromatic rings. The van der Waals surface area contributed by atoms with Crippen molar-refractivity contribution < 1.29 is 13.2 Å². The Morgan fingerprint density at radius 3 is 2.48 bits per heavy atom. The zero-order chi connectivity index (χ0) is 21.3. The molecule has 0 aromatic heterocycles. The third-order valence-electron chi connectivity index (χ3n) is 5.16. The van der Waals surface area contributed by atoms with E-state index in [4.69, 9.17) is 0 Å². The van der Waals surface area contributed by atoms with Crippen molar-refractivity contribution in [2.24, 2.45) is 0 Å². The number of para-hydroxylation sites is 1. The van der Waals surface area contributed by atoms with Gasteiger partial charge in [-0.1, -0.05) is 18.2 Å². The summed E-state index contributed by atoms with van der Waals surface area (Å²) in [6, 6.07) is 13.1. The van der Waals surface area contributed by atoms with Crippen LogP contribution in [-0.2, 0) is 21.2 Å². The van der Waals surface area contributed by atoms with Gasteiger partial charge in [0.05, 0.1) is 22.8 Å². The molecule has 1 aliphatic rings. The fourth-order valence-corrected chi connectivity index (χ4v) is 4.52. The molecule has 0 aliphatic carbocycles. The molecule has 7 nitrogen and oxygen atoms in total. The van der Waals surface area contributed by atoms with E-state index in [1.54, 1.807) is 12.1 Å². The summed E-state index contributed by atoms with van der Waals surface area (Å²) >= 11 is 0. The predicted octanol–water partition coefficient (Wildman–Crippen LogP) is 2.39. The molecule has 1 atom stereocenters. The normalized spacial score (nSPS) is 16.1. The summed E-state index contributed by atoms with van der Waals surface area (Å²) in [4.78, 5) is 16.9. The van der Waals surface area contributed by atoms with E-state index in [0.717, 1.165) is 22.1 Å². The van der Waals surface area contributed by atoms with Crippen LogP contribution in [0.4, 0.5) is 17.1 Å². The molecule has 0 radical (unpaired) electrons. The lowest BCUT2D eigenvalue weighted by atomic mass is 10.1. The van der Waals surface area contributed by atoms with Crippen LogP contribution in [0.3, 0.4) is 0 Å². The third kappa shape index (κ3) is 4.23. The molecule has 1 aliphatic heterocycles. The Balaban J connectivity index is 1.86. The van der Waals surface area contributed by atoms with Gasteiger partial charge >= 0.3 is 0 Å². The number of sulfonamides is 1. The van der Waals surface area contributed by atoms with Crippen LogP contribution in [0.15, 0.2) is 47.4 Å². The SMILES string of the molecule is C[C@H]1Cc2ccccc2N1CC(=O)Nc1cc(S(=O)(=O)N(C)C)ccc1N(C)C. The average Bonchev–Trinajstić information content (AvgIpc) is 2.96. The highest BCUT2D eigenvalue weighted by atomic mass is 32.2. The number of hydrogen-bond acceptors (Lipinski definition) is 5.